The average molecular weight is 330 g/mol. The fourth-order valence-electron chi connectivity index (χ4n) is 1.75. The van der Waals surface area contributed by atoms with Gasteiger partial charge in [-0.05, 0) is 40.8 Å². The number of benzene rings is 2. The van der Waals surface area contributed by atoms with E-state index in [0.29, 0.717) is 18.8 Å². The molecule has 112 valence electrons. The van der Waals surface area contributed by atoms with E-state index in [-0.39, 0.29) is 0 Å². The lowest BCUT2D eigenvalue weighted by Crippen LogP contribution is -1.92. The first-order valence-electron chi connectivity index (χ1n) is 6.86. The highest BCUT2D eigenvalue weighted by Crippen LogP contribution is 2.14. The Hall–Kier alpha value is -1.73. The smallest absolute Gasteiger partial charge is 0.0991 e. The van der Waals surface area contributed by atoms with E-state index in [1.54, 1.807) is 11.8 Å². The third-order valence-electron chi connectivity index (χ3n) is 2.92. The van der Waals surface area contributed by atoms with E-state index in [1.165, 1.54) is 5.56 Å². The van der Waals surface area contributed by atoms with Gasteiger partial charge in [-0.15, -0.1) is 11.8 Å². The molecule has 2 nitrogen and oxygen atoms in total. The van der Waals surface area contributed by atoms with Gasteiger partial charge in [0.05, 0.1) is 24.8 Å². The van der Waals surface area contributed by atoms with Crippen molar-refractivity contribution in [2.24, 2.45) is 0 Å². The molecule has 0 aromatic heterocycles. The molecule has 22 heavy (non-hydrogen) atoms. The second kappa shape index (κ2) is 9.32. The molecule has 0 fully saturated rings. The largest absolute Gasteiger partial charge is 0.373 e. The van der Waals surface area contributed by atoms with Crippen molar-refractivity contribution < 1.29 is 4.74 Å². The van der Waals surface area contributed by atoms with E-state index in [1.807, 2.05) is 60.0 Å². The van der Waals surface area contributed by atoms with Crippen molar-refractivity contribution in [2.45, 2.75) is 12.4 Å². The molecule has 0 unspecified atom stereocenters. The molecule has 2 aromatic rings. The minimum Gasteiger partial charge on any atom is -0.373 e. The minimum absolute atomic E-state index is 0.585. The fraction of sp³-hybridized carbons (Fsp3) is 0.167. The zero-order valence-electron chi connectivity index (χ0n) is 12.0. The lowest BCUT2D eigenvalue weighted by molar-refractivity contribution is 0.149. The van der Waals surface area contributed by atoms with Gasteiger partial charge in [-0.25, -0.2) is 0 Å². The van der Waals surface area contributed by atoms with Gasteiger partial charge in [-0.2, -0.15) is 5.26 Å². The topological polar surface area (TPSA) is 33.0 Å². The summed E-state index contributed by atoms with van der Waals surface area (Å²) >= 11 is 7.53. The number of nitrogens with zero attached hydrogens (tertiary/aromatic N) is 1. The van der Waals surface area contributed by atoms with E-state index in [2.05, 4.69) is 6.07 Å². The summed E-state index contributed by atoms with van der Waals surface area (Å²) in [5.74, 6) is 0.888. The van der Waals surface area contributed by atoms with E-state index >= 15 is 0 Å². The van der Waals surface area contributed by atoms with Crippen molar-refractivity contribution in [1.29, 1.82) is 5.26 Å². The maximum atomic E-state index is 8.73. The molecule has 0 radical (unpaired) electrons. The van der Waals surface area contributed by atoms with Crippen LogP contribution in [0.25, 0.3) is 0 Å². The molecular formula is C18H16ClNOS. The van der Waals surface area contributed by atoms with Crippen molar-refractivity contribution in [3.8, 4) is 6.07 Å². The van der Waals surface area contributed by atoms with E-state index in [9.17, 15) is 0 Å². The number of hydrogen-bond donors (Lipinski definition) is 0. The molecule has 0 aliphatic rings. The third kappa shape index (κ3) is 5.95. The Morgan fingerprint density at radius 2 is 1.73 bits per heavy atom. The highest BCUT2D eigenvalue weighted by Gasteiger charge is 1.94. The van der Waals surface area contributed by atoms with Crippen LogP contribution in [0.3, 0.4) is 0 Å². The predicted octanol–water partition coefficient (Wildman–Crippen LogP) is 5.18. The highest BCUT2D eigenvalue weighted by atomic mass is 35.5. The summed E-state index contributed by atoms with van der Waals surface area (Å²) in [5, 5.41) is 11.5. The van der Waals surface area contributed by atoms with Crippen LogP contribution in [0.2, 0.25) is 5.02 Å². The van der Waals surface area contributed by atoms with Crippen molar-refractivity contribution in [3.05, 3.63) is 81.7 Å². The van der Waals surface area contributed by atoms with Gasteiger partial charge in [0.1, 0.15) is 0 Å². The zero-order valence-corrected chi connectivity index (χ0v) is 13.6. The third-order valence-corrected chi connectivity index (χ3v) is 4.06. The summed E-state index contributed by atoms with van der Waals surface area (Å²) < 4.78 is 5.56. The van der Waals surface area contributed by atoms with Gasteiger partial charge in [0.15, 0.2) is 0 Å². The van der Waals surface area contributed by atoms with Gasteiger partial charge >= 0.3 is 0 Å². The monoisotopic (exact) mass is 329 g/mol. The minimum atomic E-state index is 0.585. The van der Waals surface area contributed by atoms with Crippen LogP contribution in [0.4, 0.5) is 0 Å². The van der Waals surface area contributed by atoms with Gasteiger partial charge in [-0.3, -0.25) is 0 Å². The van der Waals surface area contributed by atoms with E-state index in [4.69, 9.17) is 21.6 Å². The number of hydrogen-bond acceptors (Lipinski definition) is 3. The van der Waals surface area contributed by atoms with Crippen molar-refractivity contribution in [3.63, 3.8) is 0 Å². The molecule has 0 atom stereocenters. The molecule has 0 saturated carbocycles. The van der Waals surface area contributed by atoms with Crippen LogP contribution in [-0.2, 0) is 17.1 Å². The molecular weight excluding hydrogens is 314 g/mol. The number of ether oxygens (including phenoxy) is 1. The second-order valence-electron chi connectivity index (χ2n) is 4.63. The Bertz CT molecular complexity index is 644. The summed E-state index contributed by atoms with van der Waals surface area (Å²) in [5.41, 5.74) is 3.01. The van der Waals surface area contributed by atoms with Crippen LogP contribution in [-0.4, -0.2) is 6.61 Å². The maximum Gasteiger partial charge on any atom is 0.0991 e. The molecule has 0 N–H and O–H groups in total. The van der Waals surface area contributed by atoms with E-state index in [0.717, 1.165) is 16.3 Å². The Labute approximate surface area is 140 Å². The summed E-state index contributed by atoms with van der Waals surface area (Å²) in [6, 6.07) is 17.4. The molecule has 0 heterocycles. The van der Waals surface area contributed by atoms with Gasteiger partial charge in [0, 0.05) is 10.8 Å². The van der Waals surface area contributed by atoms with Crippen molar-refractivity contribution in [2.75, 3.05) is 6.61 Å². The summed E-state index contributed by atoms with van der Waals surface area (Å²) in [4.78, 5) is 0. The van der Waals surface area contributed by atoms with Gasteiger partial charge in [0.25, 0.3) is 0 Å². The molecule has 4 heteroatoms. The second-order valence-corrected chi connectivity index (χ2v) is 5.96. The van der Waals surface area contributed by atoms with E-state index < -0.39 is 0 Å². The first kappa shape index (κ1) is 16.6. The molecule has 0 amide bonds. The van der Waals surface area contributed by atoms with Crippen LogP contribution >= 0.6 is 23.4 Å². The summed E-state index contributed by atoms with van der Waals surface area (Å²) in [6.07, 6.45) is 2.00. The van der Waals surface area contributed by atoms with Crippen molar-refractivity contribution >= 4 is 23.4 Å². The Morgan fingerprint density at radius 1 is 1.05 bits per heavy atom. The van der Waals surface area contributed by atoms with Crippen LogP contribution in [0.5, 0.6) is 0 Å². The maximum absolute atomic E-state index is 8.73. The van der Waals surface area contributed by atoms with Crippen LogP contribution in [0.15, 0.2) is 60.0 Å². The summed E-state index contributed by atoms with van der Waals surface area (Å²) in [6.45, 7) is 1.17. The number of halogens is 1. The first-order chi connectivity index (χ1) is 10.8. The predicted molar refractivity (Wildman–Crippen MR) is 92.7 cm³/mol. The fourth-order valence-corrected chi connectivity index (χ4v) is 2.57. The van der Waals surface area contributed by atoms with Gasteiger partial charge in [0.2, 0.25) is 0 Å². The molecule has 0 aliphatic carbocycles. The molecule has 0 aliphatic heterocycles. The highest BCUT2D eigenvalue weighted by molar-refractivity contribution is 8.01. The quantitative estimate of drug-likeness (QED) is 0.656. The summed E-state index contributed by atoms with van der Waals surface area (Å²) in [7, 11) is 0. The molecule has 0 saturated heterocycles. The molecule has 0 bridgehead atoms. The molecule has 2 rings (SSSR count). The molecule has 2 aromatic carbocycles. The number of thioether (sulfide) groups is 1. The lowest BCUT2D eigenvalue weighted by atomic mass is 10.2. The van der Waals surface area contributed by atoms with Gasteiger partial charge in [-0.1, -0.05) is 41.9 Å². The van der Waals surface area contributed by atoms with Crippen LogP contribution < -0.4 is 0 Å². The zero-order chi connectivity index (χ0) is 15.6. The SMILES string of the molecule is N#Cc1ccc(CS/C=C\COCc2ccc(Cl)cc2)cc1. The first-order valence-corrected chi connectivity index (χ1v) is 8.28. The number of rotatable bonds is 7. The Morgan fingerprint density at radius 3 is 2.41 bits per heavy atom. The average Bonchev–Trinajstić information content (AvgIpc) is 2.56. The van der Waals surface area contributed by atoms with Gasteiger partial charge < -0.3 is 4.74 Å². The standard InChI is InChI=1S/C18H16ClNOS/c19-18-8-6-16(7-9-18)13-21-10-1-11-22-14-17-4-2-15(12-20)3-5-17/h1-9,11H,10,13-14H2/b11-1-. The normalized spacial score (nSPS) is 10.7. The Balaban J connectivity index is 1.61. The van der Waals surface area contributed by atoms with Crippen LogP contribution in [0, 0.1) is 11.3 Å². The Kier molecular flexibility index (Phi) is 7.05. The molecule has 0 spiro atoms. The van der Waals surface area contributed by atoms with Crippen molar-refractivity contribution in [1.82, 2.24) is 0 Å². The van der Waals surface area contributed by atoms with Crippen LogP contribution in [0.1, 0.15) is 16.7 Å². The number of nitriles is 1. The lowest BCUT2D eigenvalue weighted by Gasteiger charge is -2.01.